The largest absolute Gasteiger partial charge is 0.478 e. The van der Waals surface area contributed by atoms with Crippen LogP contribution in [0.25, 0.3) is 5.82 Å². The number of carbonyl (C=O) groups excluding carboxylic acids is 1. The van der Waals surface area contributed by atoms with E-state index in [1.165, 1.54) is 0 Å². The molecule has 7 heteroatoms. The van der Waals surface area contributed by atoms with E-state index in [1.807, 2.05) is 36.7 Å². The van der Waals surface area contributed by atoms with Crippen LogP contribution in [0, 0.1) is 13.8 Å². The fourth-order valence-corrected chi connectivity index (χ4v) is 3.22. The van der Waals surface area contributed by atoms with Crippen molar-refractivity contribution >= 4 is 17.5 Å². The highest BCUT2D eigenvalue weighted by molar-refractivity contribution is 6.30. The molecule has 2 heterocycles. The number of halogens is 1. The van der Waals surface area contributed by atoms with Gasteiger partial charge in [0.2, 0.25) is 0 Å². The minimum Gasteiger partial charge on any atom is -0.478 e. The Morgan fingerprint density at radius 1 is 1.17 bits per heavy atom. The topological polar surface area (TPSA) is 69.0 Å². The third-order valence-electron chi connectivity index (χ3n) is 4.70. The third kappa shape index (κ3) is 4.95. The Bertz CT molecular complexity index is 982. The van der Waals surface area contributed by atoms with E-state index < -0.39 is 5.60 Å². The Morgan fingerprint density at radius 3 is 2.55 bits per heavy atom. The van der Waals surface area contributed by atoms with Gasteiger partial charge < -0.3 is 10.1 Å². The molecule has 0 aliphatic heterocycles. The molecule has 152 valence electrons. The lowest BCUT2D eigenvalue weighted by Crippen LogP contribution is -2.47. The highest BCUT2D eigenvalue weighted by Gasteiger charge is 2.29. The predicted molar refractivity (Wildman–Crippen MR) is 114 cm³/mol. The number of hydrogen-bond acceptors (Lipinski definition) is 4. The average Bonchev–Trinajstić information content (AvgIpc) is 2.98. The molecule has 0 fully saturated rings. The van der Waals surface area contributed by atoms with Gasteiger partial charge in [-0.15, -0.1) is 0 Å². The third-order valence-corrected chi connectivity index (χ3v) is 4.95. The van der Waals surface area contributed by atoms with Crippen molar-refractivity contribution in [1.29, 1.82) is 0 Å². The van der Waals surface area contributed by atoms with E-state index in [2.05, 4.69) is 15.4 Å². The second kappa shape index (κ2) is 8.66. The molecule has 0 radical (unpaired) electrons. The van der Waals surface area contributed by atoms with Crippen molar-refractivity contribution in [1.82, 2.24) is 20.1 Å². The van der Waals surface area contributed by atoms with E-state index in [9.17, 15) is 4.79 Å². The zero-order valence-corrected chi connectivity index (χ0v) is 17.8. The molecule has 2 aromatic heterocycles. The number of rotatable bonds is 7. The molecule has 1 N–H and O–H groups in total. The van der Waals surface area contributed by atoms with Crippen LogP contribution in [0.4, 0.5) is 0 Å². The molecule has 0 bridgehead atoms. The van der Waals surface area contributed by atoms with Crippen LogP contribution in [0.3, 0.4) is 0 Å². The molecule has 1 aromatic carbocycles. The number of nitrogens with zero attached hydrogens (tertiary/aromatic N) is 3. The Hall–Kier alpha value is -2.86. The maximum atomic E-state index is 12.6. The fraction of sp³-hybridized carbons (Fsp3) is 0.318. The molecule has 3 rings (SSSR count). The minimum atomic E-state index is -1.00. The number of ether oxygens (including phenoxy) is 1. The monoisotopic (exact) mass is 412 g/mol. The van der Waals surface area contributed by atoms with Gasteiger partial charge in [-0.25, -0.2) is 9.67 Å². The number of aryl methyl sites for hydroxylation is 1. The minimum absolute atomic E-state index is 0.181. The second-order valence-electron chi connectivity index (χ2n) is 7.32. The lowest BCUT2D eigenvalue weighted by atomic mass is 10.1. The van der Waals surface area contributed by atoms with Gasteiger partial charge in [0.15, 0.2) is 11.4 Å². The Kier molecular flexibility index (Phi) is 6.23. The van der Waals surface area contributed by atoms with E-state index in [4.69, 9.17) is 16.3 Å². The summed E-state index contributed by atoms with van der Waals surface area (Å²) < 4.78 is 7.67. The predicted octanol–water partition coefficient (Wildman–Crippen LogP) is 4.05. The van der Waals surface area contributed by atoms with Gasteiger partial charge in [-0.2, -0.15) is 5.10 Å². The molecule has 0 saturated carbocycles. The molecule has 6 nitrogen and oxygen atoms in total. The van der Waals surface area contributed by atoms with E-state index in [0.29, 0.717) is 23.7 Å². The second-order valence-corrected chi connectivity index (χ2v) is 7.76. The van der Waals surface area contributed by atoms with Gasteiger partial charge in [-0.3, -0.25) is 4.79 Å². The summed E-state index contributed by atoms with van der Waals surface area (Å²) in [5, 5.41) is 8.18. The number of pyridine rings is 1. The summed E-state index contributed by atoms with van der Waals surface area (Å²) in [4.78, 5) is 17.0. The Balaban J connectivity index is 1.61. The van der Waals surface area contributed by atoms with E-state index in [1.54, 1.807) is 44.3 Å². The first-order valence-corrected chi connectivity index (χ1v) is 9.85. The number of amides is 1. The van der Waals surface area contributed by atoms with Crippen molar-refractivity contribution in [3.8, 4) is 11.6 Å². The molecular weight excluding hydrogens is 388 g/mol. The van der Waals surface area contributed by atoms with Crippen LogP contribution in [0.1, 0.15) is 30.8 Å². The number of nitrogens with one attached hydrogen (secondary N) is 1. The SMILES string of the molecule is Cc1nn(-c2ccccn2)c(C)c1CCNC(=O)C(C)(C)Oc1ccc(Cl)cc1. The van der Waals surface area contributed by atoms with Crippen LogP contribution in [-0.2, 0) is 11.2 Å². The number of hydrogen-bond donors (Lipinski definition) is 1. The number of carbonyl (C=O) groups is 1. The van der Waals surface area contributed by atoms with Crippen molar-refractivity contribution in [2.75, 3.05) is 6.54 Å². The van der Waals surface area contributed by atoms with Gasteiger partial charge in [-0.05, 0) is 76.1 Å². The normalized spacial score (nSPS) is 11.3. The van der Waals surface area contributed by atoms with Gasteiger partial charge in [0.05, 0.1) is 5.69 Å². The summed E-state index contributed by atoms with van der Waals surface area (Å²) in [6.45, 7) is 7.96. The summed E-state index contributed by atoms with van der Waals surface area (Å²) in [6.07, 6.45) is 2.42. The summed E-state index contributed by atoms with van der Waals surface area (Å²) >= 11 is 5.89. The van der Waals surface area contributed by atoms with Crippen LogP contribution in [-0.4, -0.2) is 32.8 Å². The average molecular weight is 413 g/mol. The standard InChI is InChI=1S/C22H25ClN4O2/c1-15-19(16(2)27(26-15)20-7-5-6-13-24-20)12-14-25-21(28)22(3,4)29-18-10-8-17(23)9-11-18/h5-11,13H,12,14H2,1-4H3,(H,25,28). The molecule has 29 heavy (non-hydrogen) atoms. The highest BCUT2D eigenvalue weighted by atomic mass is 35.5. The van der Waals surface area contributed by atoms with Crippen molar-refractivity contribution in [2.24, 2.45) is 0 Å². The zero-order valence-electron chi connectivity index (χ0n) is 17.1. The molecule has 0 saturated heterocycles. The van der Waals surface area contributed by atoms with Crippen LogP contribution >= 0.6 is 11.6 Å². The molecule has 0 atom stereocenters. The summed E-state index contributed by atoms with van der Waals surface area (Å²) in [5.74, 6) is 1.19. The fourth-order valence-electron chi connectivity index (χ4n) is 3.10. The van der Waals surface area contributed by atoms with Gasteiger partial charge in [0, 0.05) is 23.5 Å². The van der Waals surface area contributed by atoms with Crippen molar-refractivity contribution < 1.29 is 9.53 Å². The number of benzene rings is 1. The van der Waals surface area contributed by atoms with E-state index in [0.717, 1.165) is 22.8 Å². The molecule has 1 amide bonds. The quantitative estimate of drug-likeness (QED) is 0.635. The lowest BCUT2D eigenvalue weighted by Gasteiger charge is -2.25. The van der Waals surface area contributed by atoms with Crippen molar-refractivity contribution in [3.05, 3.63) is 70.6 Å². The first-order chi connectivity index (χ1) is 13.8. The van der Waals surface area contributed by atoms with Gasteiger partial charge in [-0.1, -0.05) is 17.7 Å². The van der Waals surface area contributed by atoms with Crippen LogP contribution in [0.2, 0.25) is 5.02 Å². The van der Waals surface area contributed by atoms with Crippen LogP contribution in [0.15, 0.2) is 48.7 Å². The maximum absolute atomic E-state index is 12.6. The molecule has 0 unspecified atom stereocenters. The van der Waals surface area contributed by atoms with E-state index >= 15 is 0 Å². The van der Waals surface area contributed by atoms with Crippen LogP contribution in [0.5, 0.6) is 5.75 Å². The first-order valence-electron chi connectivity index (χ1n) is 9.47. The summed E-state index contributed by atoms with van der Waals surface area (Å²) in [7, 11) is 0. The summed E-state index contributed by atoms with van der Waals surface area (Å²) in [5.41, 5.74) is 2.05. The maximum Gasteiger partial charge on any atom is 0.263 e. The van der Waals surface area contributed by atoms with Crippen LogP contribution < -0.4 is 10.1 Å². The molecule has 0 aliphatic carbocycles. The van der Waals surface area contributed by atoms with Gasteiger partial charge >= 0.3 is 0 Å². The van der Waals surface area contributed by atoms with Gasteiger partial charge in [0.25, 0.3) is 5.91 Å². The molecule has 0 aliphatic rings. The van der Waals surface area contributed by atoms with Crippen molar-refractivity contribution in [2.45, 2.75) is 39.7 Å². The smallest absolute Gasteiger partial charge is 0.263 e. The molecule has 0 spiro atoms. The first kappa shape index (κ1) is 20.9. The Labute approximate surface area is 175 Å². The molecular formula is C22H25ClN4O2. The van der Waals surface area contributed by atoms with Gasteiger partial charge in [0.1, 0.15) is 5.75 Å². The molecule has 3 aromatic rings. The zero-order chi connectivity index (χ0) is 21.0. The summed E-state index contributed by atoms with van der Waals surface area (Å²) in [6, 6.07) is 12.7. The van der Waals surface area contributed by atoms with E-state index in [-0.39, 0.29) is 5.91 Å². The van der Waals surface area contributed by atoms with Crippen molar-refractivity contribution in [3.63, 3.8) is 0 Å². The lowest BCUT2D eigenvalue weighted by molar-refractivity contribution is -0.134. The Morgan fingerprint density at radius 2 is 1.90 bits per heavy atom. The number of aromatic nitrogens is 3. The highest BCUT2D eigenvalue weighted by Crippen LogP contribution is 2.21.